The van der Waals surface area contributed by atoms with Crippen LogP contribution in [0.5, 0.6) is 0 Å². The van der Waals surface area contributed by atoms with E-state index in [1.807, 2.05) is 6.92 Å². The Kier molecular flexibility index (Phi) is 14.6. The van der Waals surface area contributed by atoms with Gasteiger partial charge in [0.2, 0.25) is 0 Å². The summed E-state index contributed by atoms with van der Waals surface area (Å²) < 4.78 is 25.3. The van der Waals surface area contributed by atoms with Gasteiger partial charge < -0.3 is 19.3 Å². The summed E-state index contributed by atoms with van der Waals surface area (Å²) in [5, 5.41) is 0. The molecule has 0 rings (SSSR count). The lowest BCUT2D eigenvalue weighted by Crippen LogP contribution is -2.29. The molecule has 0 fully saturated rings. The van der Waals surface area contributed by atoms with Gasteiger partial charge in [-0.1, -0.05) is 52.4 Å². The molecule has 8 nitrogen and oxygen atoms in total. The molecule has 0 aromatic carbocycles. The summed E-state index contributed by atoms with van der Waals surface area (Å²) >= 11 is 0. The first kappa shape index (κ1) is 25.1. The topological polar surface area (TPSA) is 119 Å². The van der Waals surface area contributed by atoms with Gasteiger partial charge in [0.1, 0.15) is 6.61 Å². The van der Waals surface area contributed by atoms with E-state index in [1.54, 1.807) is 0 Å². The minimum Gasteiger partial charge on any atom is -0.462 e. The highest BCUT2D eigenvalue weighted by molar-refractivity contribution is 7.46. The quantitative estimate of drug-likeness (QED) is 0.231. The normalized spacial score (nSPS) is 12.6. The van der Waals surface area contributed by atoms with Crippen LogP contribution in [0.3, 0.4) is 0 Å². The first-order chi connectivity index (χ1) is 12.3. The number of carbonyl (C=O) groups excluding carboxylic acids is 2. The van der Waals surface area contributed by atoms with Crippen molar-refractivity contribution in [3.05, 3.63) is 0 Å². The number of ether oxygens (including phenoxy) is 2. The number of unbranched alkanes of at least 4 members (excludes halogenated alkanes) is 6. The van der Waals surface area contributed by atoms with Gasteiger partial charge in [-0.05, 0) is 12.8 Å². The molecule has 0 heterocycles. The van der Waals surface area contributed by atoms with Crippen LogP contribution >= 0.6 is 7.82 Å². The van der Waals surface area contributed by atoms with Crippen LogP contribution in [0.25, 0.3) is 0 Å². The maximum atomic E-state index is 11.9. The Morgan fingerprint density at radius 3 is 2.04 bits per heavy atom. The molecular formula is C17H33O8P. The molecule has 0 radical (unpaired) electrons. The van der Waals surface area contributed by atoms with Gasteiger partial charge in [-0.15, -0.1) is 0 Å². The molecule has 1 unspecified atom stereocenters. The molecule has 0 saturated carbocycles. The fraction of sp³-hybridized carbons (Fsp3) is 0.882. The highest BCUT2D eigenvalue weighted by Gasteiger charge is 2.22. The van der Waals surface area contributed by atoms with Gasteiger partial charge in [-0.2, -0.15) is 0 Å². The van der Waals surface area contributed by atoms with Crippen LogP contribution in [0.4, 0.5) is 0 Å². The summed E-state index contributed by atoms with van der Waals surface area (Å²) in [6.07, 6.45) is 7.06. The first-order valence-electron chi connectivity index (χ1n) is 9.33. The summed E-state index contributed by atoms with van der Waals surface area (Å²) in [7, 11) is -4.70. The van der Waals surface area contributed by atoms with Crippen LogP contribution in [-0.2, 0) is 28.2 Å². The molecule has 0 bridgehead atoms. The number of hydrogen-bond donors (Lipinski definition) is 2. The lowest BCUT2D eigenvalue weighted by molar-refractivity contribution is -0.161. The molecule has 0 spiro atoms. The molecular weight excluding hydrogens is 363 g/mol. The third kappa shape index (κ3) is 16.5. The number of hydrogen-bond acceptors (Lipinski definition) is 6. The van der Waals surface area contributed by atoms with Crippen LogP contribution in [-0.4, -0.2) is 41.0 Å². The van der Waals surface area contributed by atoms with E-state index in [4.69, 9.17) is 19.3 Å². The van der Waals surface area contributed by atoms with E-state index in [1.165, 1.54) is 6.42 Å². The van der Waals surface area contributed by atoms with Crippen molar-refractivity contribution in [2.45, 2.75) is 84.2 Å². The van der Waals surface area contributed by atoms with E-state index in [9.17, 15) is 14.2 Å². The van der Waals surface area contributed by atoms with E-state index in [0.717, 1.165) is 32.1 Å². The molecule has 0 aliphatic rings. The second-order valence-electron chi connectivity index (χ2n) is 6.20. The first-order valence-corrected chi connectivity index (χ1v) is 10.9. The number of phosphoric ester groups is 1. The van der Waals surface area contributed by atoms with Crippen molar-refractivity contribution < 1.29 is 37.9 Å². The monoisotopic (exact) mass is 396 g/mol. The van der Waals surface area contributed by atoms with Crippen LogP contribution < -0.4 is 0 Å². The van der Waals surface area contributed by atoms with Crippen LogP contribution in [0.1, 0.15) is 78.1 Å². The third-order valence-electron chi connectivity index (χ3n) is 3.63. The van der Waals surface area contributed by atoms with Crippen LogP contribution in [0, 0.1) is 0 Å². The largest absolute Gasteiger partial charge is 0.469 e. The zero-order valence-electron chi connectivity index (χ0n) is 15.9. The standard InChI is InChI=1S/C17H33O8P/c1-3-5-7-8-9-10-12-17(19)25-15(14-24-26(20,21)22)13-23-16(18)11-6-4-2/h15H,3-14H2,1-2H3,(H2,20,21,22). The van der Waals surface area contributed by atoms with Crippen LogP contribution in [0.2, 0.25) is 0 Å². The highest BCUT2D eigenvalue weighted by atomic mass is 31.2. The smallest absolute Gasteiger partial charge is 0.462 e. The Labute approximate surface area is 155 Å². The maximum absolute atomic E-state index is 11.9. The zero-order chi connectivity index (χ0) is 19.8. The van der Waals surface area contributed by atoms with Crippen molar-refractivity contribution in [1.29, 1.82) is 0 Å². The number of esters is 2. The van der Waals surface area contributed by atoms with Gasteiger partial charge in [-0.25, -0.2) is 4.57 Å². The van der Waals surface area contributed by atoms with Crippen molar-refractivity contribution in [3.63, 3.8) is 0 Å². The molecule has 9 heteroatoms. The molecule has 26 heavy (non-hydrogen) atoms. The van der Waals surface area contributed by atoms with E-state index in [2.05, 4.69) is 11.4 Å². The van der Waals surface area contributed by atoms with E-state index < -0.39 is 32.5 Å². The average Bonchev–Trinajstić information content (AvgIpc) is 2.57. The van der Waals surface area contributed by atoms with Gasteiger partial charge in [0.25, 0.3) is 0 Å². The zero-order valence-corrected chi connectivity index (χ0v) is 16.7. The molecule has 0 aliphatic carbocycles. The van der Waals surface area contributed by atoms with Gasteiger partial charge in [0, 0.05) is 12.8 Å². The highest BCUT2D eigenvalue weighted by Crippen LogP contribution is 2.35. The van der Waals surface area contributed by atoms with Crippen LogP contribution in [0.15, 0.2) is 0 Å². The van der Waals surface area contributed by atoms with E-state index in [0.29, 0.717) is 12.8 Å². The Hall–Kier alpha value is -0.950. The average molecular weight is 396 g/mol. The maximum Gasteiger partial charge on any atom is 0.469 e. The fourth-order valence-electron chi connectivity index (χ4n) is 2.17. The molecule has 0 amide bonds. The lowest BCUT2D eigenvalue weighted by Gasteiger charge is -2.18. The third-order valence-corrected chi connectivity index (χ3v) is 4.11. The summed E-state index contributed by atoms with van der Waals surface area (Å²) in [6, 6.07) is 0. The van der Waals surface area contributed by atoms with Crippen molar-refractivity contribution in [2.24, 2.45) is 0 Å². The summed E-state index contributed by atoms with van der Waals surface area (Å²) in [5.74, 6) is -0.940. The molecule has 154 valence electrons. The molecule has 0 aromatic rings. The van der Waals surface area contributed by atoms with Gasteiger partial charge in [0.05, 0.1) is 6.61 Å². The second-order valence-corrected chi connectivity index (χ2v) is 7.44. The summed E-state index contributed by atoms with van der Waals surface area (Å²) in [5.41, 5.74) is 0. The summed E-state index contributed by atoms with van der Waals surface area (Å²) in [6.45, 7) is 3.25. The van der Waals surface area contributed by atoms with Gasteiger partial charge in [0.15, 0.2) is 6.10 Å². The van der Waals surface area contributed by atoms with Crippen molar-refractivity contribution in [3.8, 4) is 0 Å². The number of carbonyl (C=O) groups is 2. The lowest BCUT2D eigenvalue weighted by atomic mass is 10.1. The Balaban J connectivity index is 4.25. The van der Waals surface area contributed by atoms with Crippen molar-refractivity contribution in [1.82, 2.24) is 0 Å². The minimum atomic E-state index is -4.70. The fourth-order valence-corrected chi connectivity index (χ4v) is 2.53. The molecule has 0 aromatic heterocycles. The summed E-state index contributed by atoms with van der Waals surface area (Å²) in [4.78, 5) is 41.0. The second kappa shape index (κ2) is 15.1. The van der Waals surface area contributed by atoms with Gasteiger partial charge in [-0.3, -0.25) is 14.1 Å². The Bertz CT molecular complexity index is 434. The minimum absolute atomic E-state index is 0.211. The molecule has 1 atom stereocenters. The molecule has 2 N–H and O–H groups in total. The Morgan fingerprint density at radius 1 is 0.846 bits per heavy atom. The number of phosphoric acid groups is 1. The van der Waals surface area contributed by atoms with E-state index in [-0.39, 0.29) is 19.4 Å². The van der Waals surface area contributed by atoms with Crippen molar-refractivity contribution in [2.75, 3.05) is 13.2 Å². The van der Waals surface area contributed by atoms with Crippen molar-refractivity contribution >= 4 is 19.8 Å². The predicted octanol–water partition coefficient (Wildman–Crippen LogP) is 3.49. The SMILES string of the molecule is CCCCCCCCC(=O)OC(COC(=O)CCCC)COP(=O)(O)O. The van der Waals surface area contributed by atoms with E-state index >= 15 is 0 Å². The van der Waals surface area contributed by atoms with Gasteiger partial charge >= 0.3 is 19.8 Å². The molecule has 0 aliphatic heterocycles. The predicted molar refractivity (Wildman–Crippen MR) is 96.4 cm³/mol. The number of rotatable bonds is 16. The Morgan fingerprint density at radius 2 is 1.42 bits per heavy atom. The molecule has 0 saturated heterocycles.